The molecule has 0 aliphatic carbocycles. The van der Waals surface area contributed by atoms with Gasteiger partial charge < -0.3 is 40.4 Å². The number of ether oxygens (including phenoxy) is 2. The van der Waals surface area contributed by atoms with Crippen LogP contribution in [0.15, 0.2) is 47.7 Å². The zero-order valence-corrected chi connectivity index (χ0v) is 24.7. The highest BCUT2D eigenvalue weighted by Gasteiger charge is 2.37. The number of rotatable bonds is 11. The lowest BCUT2D eigenvalue weighted by atomic mass is 10.1. The molecule has 1 aliphatic heterocycles. The molecule has 0 saturated carbocycles. The van der Waals surface area contributed by atoms with Gasteiger partial charge in [0.15, 0.2) is 6.61 Å². The van der Waals surface area contributed by atoms with Crippen molar-refractivity contribution in [1.82, 2.24) is 24.2 Å². The first-order valence-electron chi connectivity index (χ1n) is 13.3. The summed E-state index contributed by atoms with van der Waals surface area (Å²) in [6.07, 6.45) is 1.09. The number of nitrogens with zero attached hydrogens (tertiary/aromatic N) is 4. The van der Waals surface area contributed by atoms with E-state index in [2.05, 4.69) is 32.4 Å². The predicted molar refractivity (Wildman–Crippen MR) is 154 cm³/mol. The van der Waals surface area contributed by atoms with Crippen LogP contribution < -0.4 is 27.0 Å². The van der Waals surface area contributed by atoms with Gasteiger partial charge in [0.05, 0.1) is 18.3 Å². The first kappa shape index (κ1) is 31.9. The molecule has 1 fully saturated rings. The highest BCUT2D eigenvalue weighted by Crippen LogP contribution is 2.41. The first-order valence-corrected chi connectivity index (χ1v) is 14.8. The number of hydrogen-bond donors (Lipinski definition) is 4. The third-order valence-electron chi connectivity index (χ3n) is 6.79. The molecule has 0 amide bonds. The van der Waals surface area contributed by atoms with Crippen molar-refractivity contribution in [2.24, 2.45) is 0 Å². The fourth-order valence-electron chi connectivity index (χ4n) is 4.37. The normalized spacial score (nSPS) is 20.1. The lowest BCUT2D eigenvalue weighted by molar-refractivity contribution is -0.205. The number of imidazole rings is 1. The van der Waals surface area contributed by atoms with Gasteiger partial charge in [-0.2, -0.15) is 4.98 Å². The number of hydrogen-bond acceptors (Lipinski definition) is 13. The van der Waals surface area contributed by atoms with E-state index >= 15 is 0 Å². The Hall–Kier alpha value is -4.03. The molecule has 3 heterocycles. The number of benzene rings is 1. The molecule has 4 rings (SSSR count). The Balaban J connectivity index is 1.36. The van der Waals surface area contributed by atoms with Crippen LogP contribution in [0.3, 0.4) is 0 Å². The minimum absolute atomic E-state index is 0.0413. The summed E-state index contributed by atoms with van der Waals surface area (Å²) in [5.41, 5.74) is 7.21. The molecule has 0 bridgehead atoms. The number of aliphatic hydroxyl groups excluding tert-OH is 1. The van der Waals surface area contributed by atoms with Crippen molar-refractivity contribution >= 4 is 25.2 Å². The summed E-state index contributed by atoms with van der Waals surface area (Å²) in [6, 6.07) is 7.08. The van der Waals surface area contributed by atoms with Gasteiger partial charge in [-0.05, 0) is 38.1 Å². The third kappa shape index (κ3) is 7.88. The number of aromatic nitrogens is 4. The highest BCUT2D eigenvalue weighted by atomic mass is 31.2. The number of aliphatic hydroxyl groups is 1. The van der Waals surface area contributed by atoms with Gasteiger partial charge in [0.1, 0.15) is 30.0 Å². The highest BCUT2D eigenvalue weighted by molar-refractivity contribution is 7.49. The zero-order valence-electron chi connectivity index (χ0n) is 23.8. The van der Waals surface area contributed by atoms with Crippen molar-refractivity contribution in [3.8, 4) is 11.8 Å². The minimum atomic E-state index is -4.53. The summed E-state index contributed by atoms with van der Waals surface area (Å²) in [7, 11) is -1.04. The molecule has 15 nitrogen and oxygen atoms in total. The Bertz CT molecular complexity index is 1600. The van der Waals surface area contributed by atoms with Gasteiger partial charge in [-0.3, -0.25) is 18.3 Å². The molecule has 2 aromatic heterocycles. The van der Waals surface area contributed by atoms with Crippen LogP contribution in [0.2, 0.25) is 0 Å². The molecule has 3 aromatic rings. The van der Waals surface area contributed by atoms with E-state index in [1.54, 1.807) is 7.05 Å². The summed E-state index contributed by atoms with van der Waals surface area (Å²) >= 11 is 0. The van der Waals surface area contributed by atoms with Crippen LogP contribution in [0.5, 0.6) is 0 Å². The number of nitrogens with two attached hydrogens (primary N) is 1. The topological polar surface area (TPSA) is 208 Å². The largest absolute Gasteiger partial charge is 0.761 e. The quantitative estimate of drug-likeness (QED) is 0.125. The van der Waals surface area contributed by atoms with Crippen LogP contribution >= 0.6 is 7.75 Å². The minimum Gasteiger partial charge on any atom is -0.761 e. The van der Waals surface area contributed by atoms with E-state index in [-0.39, 0.29) is 30.2 Å². The van der Waals surface area contributed by atoms with Gasteiger partial charge in [-0.1, -0.05) is 24.0 Å². The molecule has 2 unspecified atom stereocenters. The van der Waals surface area contributed by atoms with Gasteiger partial charge in [-0.25, -0.2) is 9.78 Å². The van der Waals surface area contributed by atoms with Crippen LogP contribution in [-0.2, 0) is 29.8 Å². The standard InChI is InChI=1S/C27H34N7O8P/c1-17-31-10-11-34(17)43(38,39)41-16-23-22(35)14-24(42-23)33-15-19(25(28)32-27(33)37)5-4-12-40-26(36)21(30-3)13-18-6-8-20(29-2)9-7-18/h6-11,15,21-24,29-30,35H,12-14,16H2,1-3H3,(H,38,39)(H2,28,32,37)/p-1/t21?,22-,23-,24-/m1/s1. The molecular weight excluding hydrogens is 581 g/mol. The molecule has 0 radical (unpaired) electrons. The van der Waals surface area contributed by atoms with Crippen molar-refractivity contribution in [1.29, 1.82) is 0 Å². The van der Waals surface area contributed by atoms with E-state index < -0.39 is 50.5 Å². The molecule has 0 spiro atoms. The second-order valence-electron chi connectivity index (χ2n) is 9.65. The van der Waals surface area contributed by atoms with Gasteiger partial charge in [0, 0.05) is 37.7 Å². The fraction of sp³-hybridized carbons (Fsp3) is 0.407. The van der Waals surface area contributed by atoms with Crippen molar-refractivity contribution in [2.45, 2.75) is 44.2 Å². The molecule has 1 aliphatic rings. The van der Waals surface area contributed by atoms with Gasteiger partial charge in [0.2, 0.25) is 7.75 Å². The number of nitrogen functional groups attached to an aromatic ring is 1. The van der Waals surface area contributed by atoms with E-state index in [4.69, 9.17) is 19.7 Å². The summed E-state index contributed by atoms with van der Waals surface area (Å²) < 4.78 is 30.5. The maximum Gasteiger partial charge on any atom is 0.351 e. The molecule has 1 aromatic carbocycles. The van der Waals surface area contributed by atoms with Crippen molar-refractivity contribution in [2.75, 3.05) is 38.4 Å². The van der Waals surface area contributed by atoms with Crippen molar-refractivity contribution in [3.63, 3.8) is 0 Å². The molecule has 1 saturated heterocycles. The Labute approximate surface area is 247 Å². The maximum atomic E-state index is 12.6. The number of carbonyl (C=O) groups excluding carboxylic acids is 1. The Morgan fingerprint density at radius 1 is 1.35 bits per heavy atom. The monoisotopic (exact) mass is 614 g/mol. The van der Waals surface area contributed by atoms with Gasteiger partial charge >= 0.3 is 11.7 Å². The summed E-state index contributed by atoms with van der Waals surface area (Å²) in [4.78, 5) is 45.2. The predicted octanol–water partition coefficient (Wildman–Crippen LogP) is -0.221. The number of carbonyl (C=O) groups is 1. The Morgan fingerprint density at radius 3 is 2.74 bits per heavy atom. The van der Waals surface area contributed by atoms with Crippen LogP contribution in [0.25, 0.3) is 0 Å². The van der Waals surface area contributed by atoms with E-state index in [0.29, 0.717) is 6.42 Å². The first-order chi connectivity index (χ1) is 20.5. The summed E-state index contributed by atoms with van der Waals surface area (Å²) in [6.45, 7) is 0.777. The summed E-state index contributed by atoms with van der Waals surface area (Å²) in [5.74, 6) is 5.01. The average molecular weight is 615 g/mol. The van der Waals surface area contributed by atoms with E-state index in [0.717, 1.165) is 20.2 Å². The van der Waals surface area contributed by atoms with E-state index in [1.165, 1.54) is 25.5 Å². The van der Waals surface area contributed by atoms with Crippen LogP contribution in [0.4, 0.5) is 11.5 Å². The SMILES string of the molecule is CNc1ccc(CC(NC)C(=O)OCC#Cc2cn([C@H]3C[C@@H](O)[C@@H](COP(=O)([O-])n4ccnc4C)O3)c(=O)nc2N)cc1. The fourth-order valence-corrected chi connectivity index (χ4v) is 5.45. The lowest BCUT2D eigenvalue weighted by Gasteiger charge is -2.27. The van der Waals surface area contributed by atoms with Gasteiger partial charge in [-0.15, -0.1) is 0 Å². The van der Waals surface area contributed by atoms with Crippen LogP contribution in [0.1, 0.15) is 29.6 Å². The third-order valence-corrected chi connectivity index (χ3v) is 8.21. The number of esters is 1. The molecular formula is C27H33N7O8P-. The molecule has 5 atom stereocenters. The lowest BCUT2D eigenvalue weighted by Crippen LogP contribution is -2.37. The number of likely N-dealkylation sites (N-methyl/N-ethyl adjacent to an activating group) is 1. The zero-order chi connectivity index (χ0) is 31.1. The second kappa shape index (κ2) is 14.0. The van der Waals surface area contributed by atoms with Crippen molar-refractivity contribution in [3.05, 3.63) is 70.3 Å². The van der Waals surface area contributed by atoms with Crippen LogP contribution in [0, 0.1) is 18.8 Å². The number of nitrogens with one attached hydrogen (secondary N) is 2. The molecule has 16 heteroatoms. The van der Waals surface area contributed by atoms with Crippen LogP contribution in [-0.4, -0.2) is 75.5 Å². The van der Waals surface area contributed by atoms with Gasteiger partial charge in [0.25, 0.3) is 0 Å². The summed E-state index contributed by atoms with van der Waals surface area (Å²) in [5, 5.41) is 16.4. The van der Waals surface area contributed by atoms with E-state index in [1.807, 2.05) is 31.3 Å². The molecule has 230 valence electrons. The molecule has 5 N–H and O–H groups in total. The smallest absolute Gasteiger partial charge is 0.351 e. The van der Waals surface area contributed by atoms with E-state index in [9.17, 15) is 24.2 Å². The average Bonchev–Trinajstić information content (AvgIpc) is 3.59. The number of anilines is 2. The second-order valence-corrected chi connectivity index (χ2v) is 11.3. The molecule has 43 heavy (non-hydrogen) atoms. The Morgan fingerprint density at radius 2 is 2.09 bits per heavy atom. The Kier molecular flexibility index (Phi) is 10.4. The van der Waals surface area contributed by atoms with Crippen molar-refractivity contribution < 1.29 is 33.4 Å². The number of aryl methyl sites for hydroxylation is 1. The maximum absolute atomic E-state index is 12.6.